The predicted octanol–water partition coefficient (Wildman–Crippen LogP) is 3.15. The van der Waals surface area contributed by atoms with Gasteiger partial charge in [-0.2, -0.15) is 13.2 Å². The largest absolute Gasteiger partial charge is 0.433 e. The van der Waals surface area contributed by atoms with Gasteiger partial charge in [0.1, 0.15) is 5.69 Å². The van der Waals surface area contributed by atoms with Crippen LogP contribution in [-0.4, -0.2) is 22.4 Å². The molecular formula is C15H13F3N4O. The van der Waals surface area contributed by atoms with Crippen LogP contribution in [-0.2, 0) is 17.4 Å². The summed E-state index contributed by atoms with van der Waals surface area (Å²) in [6.07, 6.45) is -2.72. The number of anilines is 3. The Hall–Kier alpha value is -2.64. The second-order valence-electron chi connectivity index (χ2n) is 5.15. The van der Waals surface area contributed by atoms with Gasteiger partial charge < -0.3 is 10.2 Å². The van der Waals surface area contributed by atoms with Crippen LogP contribution < -0.4 is 10.2 Å². The zero-order valence-electron chi connectivity index (χ0n) is 12.2. The van der Waals surface area contributed by atoms with Crippen LogP contribution in [0, 0.1) is 0 Å². The number of alkyl halides is 3. The SMILES string of the molecule is CC(=O)N1CCc2ccc(Nc3nccc(C(F)(F)F)n3)cc21. The van der Waals surface area contributed by atoms with Gasteiger partial charge in [-0.05, 0) is 30.2 Å². The molecule has 0 saturated heterocycles. The van der Waals surface area contributed by atoms with Gasteiger partial charge in [-0.3, -0.25) is 4.79 Å². The highest BCUT2D eigenvalue weighted by Crippen LogP contribution is 2.32. The number of halogens is 3. The summed E-state index contributed by atoms with van der Waals surface area (Å²) >= 11 is 0. The Balaban J connectivity index is 1.87. The molecule has 5 nitrogen and oxygen atoms in total. The van der Waals surface area contributed by atoms with E-state index in [1.165, 1.54) is 6.92 Å². The predicted molar refractivity (Wildman–Crippen MR) is 78.5 cm³/mol. The molecule has 1 amide bonds. The number of rotatable bonds is 2. The van der Waals surface area contributed by atoms with E-state index in [0.29, 0.717) is 12.2 Å². The maximum absolute atomic E-state index is 12.7. The van der Waals surface area contributed by atoms with Crippen LogP contribution in [0.3, 0.4) is 0 Å². The first-order chi connectivity index (χ1) is 10.8. The quantitative estimate of drug-likeness (QED) is 0.923. The van der Waals surface area contributed by atoms with Gasteiger partial charge >= 0.3 is 6.18 Å². The first kappa shape index (κ1) is 15.3. The van der Waals surface area contributed by atoms with Gasteiger partial charge in [-0.25, -0.2) is 9.97 Å². The molecule has 1 aromatic carbocycles. The van der Waals surface area contributed by atoms with Crippen molar-refractivity contribution < 1.29 is 18.0 Å². The third-order valence-electron chi connectivity index (χ3n) is 3.56. The highest BCUT2D eigenvalue weighted by atomic mass is 19.4. The van der Waals surface area contributed by atoms with Crippen LogP contribution in [0.2, 0.25) is 0 Å². The van der Waals surface area contributed by atoms with Gasteiger partial charge in [-0.1, -0.05) is 6.07 Å². The van der Waals surface area contributed by atoms with Crippen molar-refractivity contribution in [1.29, 1.82) is 0 Å². The molecule has 1 aliphatic heterocycles. The van der Waals surface area contributed by atoms with Crippen molar-refractivity contribution in [1.82, 2.24) is 9.97 Å². The van der Waals surface area contributed by atoms with Crippen LogP contribution in [0.4, 0.5) is 30.5 Å². The minimum atomic E-state index is -4.53. The topological polar surface area (TPSA) is 58.1 Å². The van der Waals surface area contributed by atoms with Gasteiger partial charge in [0, 0.05) is 31.0 Å². The van der Waals surface area contributed by atoms with Crippen molar-refractivity contribution >= 4 is 23.2 Å². The number of fused-ring (bicyclic) bond motifs is 1. The van der Waals surface area contributed by atoms with Crippen molar-refractivity contribution in [3.8, 4) is 0 Å². The Kier molecular flexibility index (Phi) is 3.67. The molecule has 0 unspecified atom stereocenters. The van der Waals surface area contributed by atoms with E-state index in [4.69, 9.17) is 0 Å². The molecule has 0 bridgehead atoms. The average molecular weight is 322 g/mol. The molecule has 23 heavy (non-hydrogen) atoms. The van der Waals surface area contributed by atoms with E-state index in [9.17, 15) is 18.0 Å². The third-order valence-corrected chi connectivity index (χ3v) is 3.56. The van der Waals surface area contributed by atoms with Crippen molar-refractivity contribution in [2.75, 3.05) is 16.8 Å². The van der Waals surface area contributed by atoms with Crippen LogP contribution in [0.5, 0.6) is 0 Å². The van der Waals surface area contributed by atoms with Crippen LogP contribution in [0.1, 0.15) is 18.2 Å². The lowest BCUT2D eigenvalue weighted by molar-refractivity contribution is -0.141. The van der Waals surface area contributed by atoms with Crippen molar-refractivity contribution in [2.24, 2.45) is 0 Å². The van der Waals surface area contributed by atoms with E-state index in [1.54, 1.807) is 17.0 Å². The number of carbonyl (C=O) groups is 1. The Morgan fingerprint density at radius 3 is 2.78 bits per heavy atom. The first-order valence-corrected chi connectivity index (χ1v) is 6.93. The van der Waals surface area contributed by atoms with Gasteiger partial charge in [0.25, 0.3) is 0 Å². The summed E-state index contributed by atoms with van der Waals surface area (Å²) in [5, 5.41) is 2.75. The molecule has 8 heteroatoms. The zero-order valence-corrected chi connectivity index (χ0v) is 12.2. The van der Waals surface area contributed by atoms with E-state index >= 15 is 0 Å². The fourth-order valence-electron chi connectivity index (χ4n) is 2.49. The fourth-order valence-corrected chi connectivity index (χ4v) is 2.49. The van der Waals surface area contributed by atoms with Gasteiger partial charge in [0.15, 0.2) is 0 Å². The number of hydrogen-bond donors (Lipinski definition) is 1. The minimum absolute atomic E-state index is 0.0729. The molecule has 0 aliphatic carbocycles. The molecule has 1 aliphatic rings. The molecule has 0 saturated carbocycles. The van der Waals surface area contributed by atoms with E-state index < -0.39 is 11.9 Å². The van der Waals surface area contributed by atoms with Crippen LogP contribution in [0.15, 0.2) is 30.5 Å². The standard InChI is InChI=1S/C15H13F3N4O/c1-9(23)22-7-5-10-2-3-11(8-12(10)22)20-14-19-6-4-13(21-14)15(16,17)18/h2-4,6,8H,5,7H2,1H3,(H,19,20,21). The number of amides is 1. The van der Waals surface area contributed by atoms with Crippen LogP contribution in [0.25, 0.3) is 0 Å². The molecule has 0 radical (unpaired) electrons. The molecule has 1 aromatic heterocycles. The maximum Gasteiger partial charge on any atom is 0.433 e. The lowest BCUT2D eigenvalue weighted by Gasteiger charge is -2.16. The third kappa shape index (κ3) is 3.10. The second kappa shape index (κ2) is 5.53. The van der Waals surface area contributed by atoms with Crippen molar-refractivity contribution in [2.45, 2.75) is 19.5 Å². The molecule has 0 spiro atoms. The summed E-state index contributed by atoms with van der Waals surface area (Å²) in [5.74, 6) is -0.219. The molecule has 2 aromatic rings. The van der Waals surface area contributed by atoms with E-state index in [2.05, 4.69) is 15.3 Å². The molecule has 2 heterocycles. The molecule has 0 atom stereocenters. The Labute approximate surface area is 130 Å². The summed E-state index contributed by atoms with van der Waals surface area (Å²) in [4.78, 5) is 20.5. The fraction of sp³-hybridized carbons (Fsp3) is 0.267. The molecule has 0 fully saturated rings. The summed E-state index contributed by atoms with van der Waals surface area (Å²) in [7, 11) is 0. The lowest BCUT2D eigenvalue weighted by atomic mass is 10.1. The molecule has 120 valence electrons. The number of aromatic nitrogens is 2. The number of benzene rings is 1. The molecular weight excluding hydrogens is 309 g/mol. The maximum atomic E-state index is 12.7. The normalized spacial score (nSPS) is 13.8. The Morgan fingerprint density at radius 2 is 2.09 bits per heavy atom. The zero-order chi connectivity index (χ0) is 16.6. The van der Waals surface area contributed by atoms with Crippen molar-refractivity contribution in [3.05, 3.63) is 41.7 Å². The van der Waals surface area contributed by atoms with Gasteiger partial charge in [0.2, 0.25) is 11.9 Å². The van der Waals surface area contributed by atoms with Gasteiger partial charge in [-0.15, -0.1) is 0 Å². The molecule has 1 N–H and O–H groups in total. The Bertz CT molecular complexity index is 761. The number of nitrogens with zero attached hydrogens (tertiary/aromatic N) is 3. The highest BCUT2D eigenvalue weighted by molar-refractivity contribution is 5.94. The summed E-state index contributed by atoms with van der Waals surface area (Å²) in [5.41, 5.74) is 1.29. The van der Waals surface area contributed by atoms with Gasteiger partial charge in [0.05, 0.1) is 0 Å². The smallest absolute Gasteiger partial charge is 0.324 e. The number of hydrogen-bond acceptors (Lipinski definition) is 4. The first-order valence-electron chi connectivity index (χ1n) is 6.93. The second-order valence-corrected chi connectivity index (χ2v) is 5.15. The molecule has 3 rings (SSSR count). The number of carbonyl (C=O) groups excluding carboxylic acids is 1. The highest BCUT2D eigenvalue weighted by Gasteiger charge is 2.32. The Morgan fingerprint density at radius 1 is 1.30 bits per heavy atom. The summed E-state index contributed by atoms with van der Waals surface area (Å²) in [6.45, 7) is 2.08. The minimum Gasteiger partial charge on any atom is -0.324 e. The van der Waals surface area contributed by atoms with E-state index in [-0.39, 0.29) is 11.9 Å². The average Bonchev–Trinajstić information content (AvgIpc) is 2.90. The monoisotopic (exact) mass is 322 g/mol. The number of nitrogens with one attached hydrogen (secondary N) is 1. The van der Waals surface area contributed by atoms with Crippen LogP contribution >= 0.6 is 0 Å². The van der Waals surface area contributed by atoms with E-state index in [0.717, 1.165) is 29.9 Å². The van der Waals surface area contributed by atoms with Crippen molar-refractivity contribution in [3.63, 3.8) is 0 Å². The lowest BCUT2D eigenvalue weighted by Crippen LogP contribution is -2.25. The van der Waals surface area contributed by atoms with E-state index in [1.807, 2.05) is 6.07 Å². The summed E-state index contributed by atoms with van der Waals surface area (Å²) < 4.78 is 38.0. The summed E-state index contributed by atoms with van der Waals surface area (Å²) in [6, 6.07) is 6.10.